The summed E-state index contributed by atoms with van der Waals surface area (Å²) in [5.41, 5.74) is 1.16. The molecule has 0 saturated carbocycles. The number of aliphatic carboxylic acids is 1. The minimum atomic E-state index is -0.704. The summed E-state index contributed by atoms with van der Waals surface area (Å²) < 4.78 is 0. The van der Waals surface area contributed by atoms with Gasteiger partial charge in [-0.2, -0.15) is 0 Å². The van der Waals surface area contributed by atoms with E-state index in [0.717, 1.165) is 17.8 Å². The van der Waals surface area contributed by atoms with Gasteiger partial charge in [0.15, 0.2) is 0 Å². The Labute approximate surface area is 103 Å². The Kier molecular flexibility index (Phi) is 4.67. The number of pyridine rings is 1. The molecule has 3 heteroatoms. The lowest BCUT2D eigenvalue weighted by Crippen LogP contribution is -2.33. The van der Waals surface area contributed by atoms with Gasteiger partial charge >= 0.3 is 5.97 Å². The molecule has 0 aromatic carbocycles. The van der Waals surface area contributed by atoms with Gasteiger partial charge in [0.05, 0.1) is 5.41 Å². The van der Waals surface area contributed by atoms with Crippen molar-refractivity contribution in [2.24, 2.45) is 5.41 Å². The van der Waals surface area contributed by atoms with E-state index in [1.807, 2.05) is 39.0 Å². The minimum absolute atomic E-state index is 0.522. The monoisotopic (exact) mass is 235 g/mol. The van der Waals surface area contributed by atoms with Gasteiger partial charge in [-0.3, -0.25) is 9.78 Å². The summed E-state index contributed by atoms with van der Waals surface area (Å²) >= 11 is 0. The van der Waals surface area contributed by atoms with E-state index in [1.165, 1.54) is 0 Å². The molecule has 3 nitrogen and oxygen atoms in total. The van der Waals surface area contributed by atoms with E-state index in [4.69, 9.17) is 0 Å². The van der Waals surface area contributed by atoms with E-state index >= 15 is 0 Å². The van der Waals surface area contributed by atoms with E-state index in [2.05, 4.69) is 4.98 Å². The third-order valence-electron chi connectivity index (χ3n) is 3.32. The van der Waals surface area contributed by atoms with Crippen molar-refractivity contribution < 1.29 is 9.90 Å². The zero-order valence-corrected chi connectivity index (χ0v) is 10.9. The van der Waals surface area contributed by atoms with Gasteiger partial charge in [0.1, 0.15) is 0 Å². The molecule has 94 valence electrons. The Bertz CT molecular complexity index is 390. The van der Waals surface area contributed by atoms with Gasteiger partial charge in [0.2, 0.25) is 0 Å². The summed E-state index contributed by atoms with van der Waals surface area (Å²) in [7, 11) is 0. The summed E-state index contributed by atoms with van der Waals surface area (Å²) in [6.45, 7) is 5.90. The first-order chi connectivity index (χ1) is 8.04. The fourth-order valence-corrected chi connectivity index (χ4v) is 2.25. The Morgan fingerprint density at radius 1 is 1.41 bits per heavy atom. The number of aromatic nitrogens is 1. The van der Waals surface area contributed by atoms with Gasteiger partial charge in [-0.05, 0) is 31.9 Å². The van der Waals surface area contributed by atoms with Crippen LogP contribution >= 0.6 is 0 Å². The molecule has 0 aliphatic heterocycles. The van der Waals surface area contributed by atoms with Crippen LogP contribution in [-0.4, -0.2) is 16.1 Å². The van der Waals surface area contributed by atoms with E-state index in [0.29, 0.717) is 19.3 Å². The van der Waals surface area contributed by atoms with Crippen molar-refractivity contribution >= 4 is 5.97 Å². The summed E-state index contributed by atoms with van der Waals surface area (Å²) in [6, 6.07) is 5.78. The van der Waals surface area contributed by atoms with E-state index in [1.54, 1.807) is 0 Å². The number of nitrogens with zero attached hydrogens (tertiary/aromatic N) is 1. The zero-order valence-electron chi connectivity index (χ0n) is 10.9. The predicted molar refractivity (Wildman–Crippen MR) is 67.9 cm³/mol. The van der Waals surface area contributed by atoms with Gasteiger partial charge in [0.25, 0.3) is 0 Å². The van der Waals surface area contributed by atoms with Crippen molar-refractivity contribution in [3.8, 4) is 0 Å². The van der Waals surface area contributed by atoms with Crippen LogP contribution in [0.25, 0.3) is 0 Å². The van der Waals surface area contributed by atoms with E-state index < -0.39 is 11.4 Å². The Morgan fingerprint density at radius 2 is 2.12 bits per heavy atom. The van der Waals surface area contributed by atoms with Crippen molar-refractivity contribution in [2.75, 3.05) is 0 Å². The van der Waals surface area contributed by atoms with Crippen molar-refractivity contribution in [3.63, 3.8) is 0 Å². The smallest absolute Gasteiger partial charge is 0.310 e. The Hall–Kier alpha value is -1.38. The molecule has 1 N–H and O–H groups in total. The minimum Gasteiger partial charge on any atom is -0.481 e. The molecule has 0 spiro atoms. The molecule has 0 aliphatic rings. The van der Waals surface area contributed by atoms with Crippen LogP contribution in [0.2, 0.25) is 0 Å². The van der Waals surface area contributed by atoms with E-state index in [-0.39, 0.29) is 0 Å². The molecule has 0 amide bonds. The first-order valence-corrected chi connectivity index (χ1v) is 6.20. The fourth-order valence-electron chi connectivity index (χ4n) is 2.25. The van der Waals surface area contributed by atoms with Gasteiger partial charge in [-0.1, -0.05) is 26.3 Å². The molecule has 0 saturated heterocycles. The number of hydrogen-bond acceptors (Lipinski definition) is 2. The summed E-state index contributed by atoms with van der Waals surface area (Å²) in [4.78, 5) is 15.9. The van der Waals surface area contributed by atoms with Gasteiger partial charge < -0.3 is 5.11 Å². The second-order valence-corrected chi connectivity index (χ2v) is 4.64. The normalized spacial score (nSPS) is 14.3. The van der Waals surface area contributed by atoms with Crippen LogP contribution in [0.3, 0.4) is 0 Å². The number of rotatable bonds is 6. The molecule has 1 unspecified atom stereocenters. The van der Waals surface area contributed by atoms with Gasteiger partial charge in [-0.15, -0.1) is 0 Å². The average Bonchev–Trinajstić information content (AvgIpc) is 2.28. The first-order valence-electron chi connectivity index (χ1n) is 6.20. The SMILES string of the molecule is CCCC(CC)(Cc1cccc(C)n1)C(=O)O. The molecule has 17 heavy (non-hydrogen) atoms. The Balaban J connectivity index is 2.96. The number of carboxylic acid groups (broad SMARTS) is 1. The van der Waals surface area contributed by atoms with Crippen molar-refractivity contribution in [2.45, 2.75) is 46.5 Å². The topological polar surface area (TPSA) is 50.2 Å². The second kappa shape index (κ2) is 5.80. The first kappa shape index (κ1) is 13.7. The van der Waals surface area contributed by atoms with Crippen LogP contribution in [0.15, 0.2) is 18.2 Å². The highest BCUT2D eigenvalue weighted by Gasteiger charge is 2.36. The number of carbonyl (C=O) groups is 1. The molecule has 1 aromatic heterocycles. The lowest BCUT2D eigenvalue weighted by atomic mass is 9.77. The third kappa shape index (κ3) is 3.29. The molecule has 0 bridgehead atoms. The molecular formula is C14H21NO2. The van der Waals surface area contributed by atoms with E-state index in [9.17, 15) is 9.90 Å². The molecule has 1 aromatic rings. The Morgan fingerprint density at radius 3 is 2.59 bits per heavy atom. The molecule has 0 fully saturated rings. The summed E-state index contributed by atoms with van der Waals surface area (Å²) in [5, 5.41) is 9.46. The zero-order chi connectivity index (χ0) is 12.9. The quantitative estimate of drug-likeness (QED) is 0.823. The fraction of sp³-hybridized carbons (Fsp3) is 0.571. The largest absolute Gasteiger partial charge is 0.481 e. The lowest BCUT2D eigenvalue weighted by molar-refractivity contribution is -0.149. The van der Waals surface area contributed by atoms with Crippen LogP contribution in [0.5, 0.6) is 0 Å². The molecular weight excluding hydrogens is 214 g/mol. The average molecular weight is 235 g/mol. The number of hydrogen-bond donors (Lipinski definition) is 1. The van der Waals surface area contributed by atoms with Gasteiger partial charge in [-0.25, -0.2) is 0 Å². The van der Waals surface area contributed by atoms with Crippen LogP contribution in [0, 0.1) is 12.3 Å². The molecule has 1 atom stereocenters. The maximum atomic E-state index is 11.5. The summed E-state index contributed by atoms with van der Waals surface area (Å²) in [6.07, 6.45) is 2.75. The molecule has 1 heterocycles. The van der Waals surface area contributed by atoms with Crippen LogP contribution in [0.1, 0.15) is 44.5 Å². The predicted octanol–water partition coefficient (Wildman–Crippen LogP) is 3.21. The van der Waals surface area contributed by atoms with Crippen LogP contribution < -0.4 is 0 Å². The lowest BCUT2D eigenvalue weighted by Gasteiger charge is -2.27. The third-order valence-corrected chi connectivity index (χ3v) is 3.32. The highest BCUT2D eigenvalue weighted by Crippen LogP contribution is 2.32. The second-order valence-electron chi connectivity index (χ2n) is 4.64. The van der Waals surface area contributed by atoms with Crippen LogP contribution in [0.4, 0.5) is 0 Å². The van der Waals surface area contributed by atoms with Crippen molar-refractivity contribution in [3.05, 3.63) is 29.6 Å². The molecule has 0 radical (unpaired) electrons. The highest BCUT2D eigenvalue weighted by molar-refractivity contribution is 5.74. The van der Waals surface area contributed by atoms with Crippen LogP contribution in [-0.2, 0) is 11.2 Å². The number of carboxylic acids is 1. The maximum absolute atomic E-state index is 11.5. The summed E-state index contributed by atoms with van der Waals surface area (Å²) in [5.74, 6) is -0.704. The maximum Gasteiger partial charge on any atom is 0.310 e. The van der Waals surface area contributed by atoms with Crippen molar-refractivity contribution in [1.29, 1.82) is 0 Å². The molecule has 0 aliphatic carbocycles. The van der Waals surface area contributed by atoms with Gasteiger partial charge in [0, 0.05) is 17.8 Å². The molecule has 1 rings (SSSR count). The number of aryl methyl sites for hydroxylation is 1. The highest BCUT2D eigenvalue weighted by atomic mass is 16.4. The standard InChI is InChI=1S/C14H21NO2/c1-4-9-14(5-2,13(16)17)10-12-8-6-7-11(3)15-12/h6-8H,4-5,9-10H2,1-3H3,(H,16,17). The van der Waals surface area contributed by atoms with Crippen molar-refractivity contribution in [1.82, 2.24) is 4.98 Å².